The second-order valence-corrected chi connectivity index (χ2v) is 5.57. The standard InChI is InChI=1S/C17H18ClN3OS/c1-2-19-17(23)21-20-11-13-5-4-8-16(10-13)22-12-14-6-3-7-15(18)9-14/h3-11H,2,12H2,1H3,(H2,19,21,23)/b20-11+. The van der Waals surface area contributed by atoms with Crippen molar-refractivity contribution in [3.8, 4) is 5.75 Å². The lowest BCUT2D eigenvalue weighted by atomic mass is 10.2. The first-order valence-corrected chi connectivity index (χ1v) is 8.00. The zero-order valence-electron chi connectivity index (χ0n) is 12.8. The lowest BCUT2D eigenvalue weighted by Gasteiger charge is -2.07. The number of nitrogens with zero attached hydrogens (tertiary/aromatic N) is 1. The fourth-order valence-corrected chi connectivity index (χ4v) is 2.25. The van der Waals surface area contributed by atoms with Crippen molar-refractivity contribution in [1.29, 1.82) is 0 Å². The van der Waals surface area contributed by atoms with Crippen molar-refractivity contribution < 1.29 is 4.74 Å². The Hall–Kier alpha value is -2.11. The summed E-state index contributed by atoms with van der Waals surface area (Å²) in [6.45, 7) is 3.19. The molecular formula is C17H18ClN3OS. The summed E-state index contributed by atoms with van der Waals surface area (Å²) in [5.41, 5.74) is 4.69. The lowest BCUT2D eigenvalue weighted by Crippen LogP contribution is -2.31. The number of ether oxygens (including phenoxy) is 1. The summed E-state index contributed by atoms with van der Waals surface area (Å²) in [5, 5.41) is 8.24. The summed E-state index contributed by atoms with van der Waals surface area (Å²) in [5.74, 6) is 0.767. The highest BCUT2D eigenvalue weighted by Gasteiger charge is 1.98. The van der Waals surface area contributed by atoms with Crippen molar-refractivity contribution in [1.82, 2.24) is 10.7 Å². The van der Waals surface area contributed by atoms with Crippen LogP contribution in [0.4, 0.5) is 0 Å². The van der Waals surface area contributed by atoms with Gasteiger partial charge in [-0.2, -0.15) is 5.10 Å². The largest absolute Gasteiger partial charge is 0.489 e. The van der Waals surface area contributed by atoms with Crippen LogP contribution in [0.3, 0.4) is 0 Å². The highest BCUT2D eigenvalue weighted by atomic mass is 35.5. The van der Waals surface area contributed by atoms with Gasteiger partial charge in [-0.05, 0) is 54.5 Å². The third-order valence-electron chi connectivity index (χ3n) is 2.87. The molecule has 0 aliphatic heterocycles. The Balaban J connectivity index is 1.91. The first-order chi connectivity index (χ1) is 11.2. The second kappa shape index (κ2) is 9.12. The molecule has 0 radical (unpaired) electrons. The summed E-state index contributed by atoms with van der Waals surface area (Å²) < 4.78 is 5.77. The number of rotatable bonds is 6. The van der Waals surface area contributed by atoms with Gasteiger partial charge in [0.25, 0.3) is 0 Å². The summed E-state index contributed by atoms with van der Waals surface area (Å²) in [6, 6.07) is 15.3. The minimum absolute atomic E-state index is 0.462. The molecule has 2 N–H and O–H groups in total. The summed E-state index contributed by atoms with van der Waals surface area (Å²) in [4.78, 5) is 0. The minimum atomic E-state index is 0.462. The quantitative estimate of drug-likeness (QED) is 0.475. The van der Waals surface area contributed by atoms with Crippen LogP contribution in [0.15, 0.2) is 53.6 Å². The SMILES string of the molecule is CCNC(=S)N/N=C/c1cccc(OCc2cccc(Cl)c2)c1. The van der Waals surface area contributed by atoms with Crippen LogP contribution in [0.5, 0.6) is 5.75 Å². The molecule has 2 aromatic carbocycles. The molecule has 0 unspecified atom stereocenters. The number of thiocarbonyl (C=S) groups is 1. The lowest BCUT2D eigenvalue weighted by molar-refractivity contribution is 0.306. The van der Waals surface area contributed by atoms with E-state index in [1.54, 1.807) is 6.21 Å². The molecule has 0 fully saturated rings. The number of halogens is 1. The number of hydrogen-bond acceptors (Lipinski definition) is 3. The molecule has 0 saturated carbocycles. The fourth-order valence-electron chi connectivity index (χ4n) is 1.84. The van der Waals surface area contributed by atoms with E-state index in [1.165, 1.54) is 0 Å². The van der Waals surface area contributed by atoms with Gasteiger partial charge >= 0.3 is 0 Å². The fraction of sp³-hybridized carbons (Fsp3) is 0.176. The van der Waals surface area contributed by atoms with Gasteiger partial charge in [-0.15, -0.1) is 0 Å². The predicted molar refractivity (Wildman–Crippen MR) is 99.2 cm³/mol. The highest BCUT2D eigenvalue weighted by Crippen LogP contribution is 2.16. The van der Waals surface area contributed by atoms with Crippen molar-refractivity contribution in [2.45, 2.75) is 13.5 Å². The summed E-state index contributed by atoms with van der Waals surface area (Å²) >= 11 is 11.0. The topological polar surface area (TPSA) is 45.7 Å². The van der Waals surface area contributed by atoms with Crippen molar-refractivity contribution in [3.63, 3.8) is 0 Å². The number of benzene rings is 2. The van der Waals surface area contributed by atoms with Crippen molar-refractivity contribution >= 4 is 35.1 Å². The van der Waals surface area contributed by atoms with Crippen LogP contribution in [-0.2, 0) is 6.61 Å². The zero-order valence-corrected chi connectivity index (χ0v) is 14.3. The molecule has 0 aromatic heterocycles. The molecule has 23 heavy (non-hydrogen) atoms. The molecule has 0 amide bonds. The minimum Gasteiger partial charge on any atom is -0.489 e. The van der Waals surface area contributed by atoms with E-state index in [-0.39, 0.29) is 0 Å². The van der Waals surface area contributed by atoms with Gasteiger partial charge in [0, 0.05) is 11.6 Å². The highest BCUT2D eigenvalue weighted by molar-refractivity contribution is 7.80. The molecule has 2 aromatic rings. The Bertz CT molecular complexity index is 691. The van der Waals surface area contributed by atoms with E-state index in [1.807, 2.05) is 55.5 Å². The average molecular weight is 348 g/mol. The molecule has 0 spiro atoms. The first kappa shape index (κ1) is 17.2. The van der Waals surface area contributed by atoms with Gasteiger partial charge in [0.05, 0.1) is 6.21 Å². The van der Waals surface area contributed by atoms with Gasteiger partial charge < -0.3 is 10.1 Å². The maximum atomic E-state index is 5.96. The van der Waals surface area contributed by atoms with Crippen LogP contribution in [0.1, 0.15) is 18.1 Å². The van der Waals surface area contributed by atoms with E-state index in [0.29, 0.717) is 16.7 Å². The summed E-state index contributed by atoms with van der Waals surface area (Å²) in [6.07, 6.45) is 1.69. The Morgan fingerprint density at radius 2 is 2.09 bits per heavy atom. The molecule has 0 bridgehead atoms. The molecule has 2 rings (SSSR count). The molecule has 4 nitrogen and oxygen atoms in total. The Morgan fingerprint density at radius 3 is 2.87 bits per heavy atom. The van der Waals surface area contributed by atoms with E-state index < -0.39 is 0 Å². The third kappa shape index (κ3) is 6.26. The van der Waals surface area contributed by atoms with Crippen molar-refractivity contribution in [2.75, 3.05) is 6.54 Å². The van der Waals surface area contributed by atoms with E-state index in [9.17, 15) is 0 Å². The van der Waals surface area contributed by atoms with Crippen LogP contribution in [0.25, 0.3) is 0 Å². The number of hydrogen-bond donors (Lipinski definition) is 2. The van der Waals surface area contributed by atoms with E-state index >= 15 is 0 Å². The van der Waals surface area contributed by atoms with Gasteiger partial charge in [-0.3, -0.25) is 5.43 Å². The smallest absolute Gasteiger partial charge is 0.186 e. The average Bonchev–Trinajstić information content (AvgIpc) is 2.54. The third-order valence-corrected chi connectivity index (χ3v) is 3.34. The summed E-state index contributed by atoms with van der Waals surface area (Å²) in [7, 11) is 0. The van der Waals surface area contributed by atoms with Gasteiger partial charge in [0.1, 0.15) is 12.4 Å². The normalized spacial score (nSPS) is 10.5. The van der Waals surface area contributed by atoms with E-state index in [0.717, 1.165) is 23.4 Å². The van der Waals surface area contributed by atoms with Gasteiger partial charge in [0.2, 0.25) is 0 Å². The molecule has 0 aliphatic rings. The van der Waals surface area contributed by atoms with E-state index in [2.05, 4.69) is 15.8 Å². The molecule has 0 saturated heterocycles. The monoisotopic (exact) mass is 347 g/mol. The van der Waals surface area contributed by atoms with Crippen molar-refractivity contribution in [2.24, 2.45) is 5.10 Å². The Morgan fingerprint density at radius 1 is 1.26 bits per heavy atom. The predicted octanol–water partition coefficient (Wildman–Crippen LogP) is 3.74. The van der Waals surface area contributed by atoms with Gasteiger partial charge in [0.15, 0.2) is 5.11 Å². The van der Waals surface area contributed by atoms with Crippen LogP contribution >= 0.6 is 23.8 Å². The van der Waals surface area contributed by atoms with Crippen molar-refractivity contribution in [3.05, 3.63) is 64.7 Å². The Kier molecular flexibility index (Phi) is 6.84. The Labute approximate surface area is 146 Å². The van der Waals surface area contributed by atoms with Crippen LogP contribution in [-0.4, -0.2) is 17.9 Å². The molecular weight excluding hydrogens is 330 g/mol. The van der Waals surface area contributed by atoms with Gasteiger partial charge in [-0.1, -0.05) is 35.9 Å². The molecule has 6 heteroatoms. The van der Waals surface area contributed by atoms with Crippen LogP contribution < -0.4 is 15.5 Å². The molecule has 0 heterocycles. The zero-order chi connectivity index (χ0) is 16.5. The molecule has 0 aliphatic carbocycles. The molecule has 0 atom stereocenters. The number of hydrazone groups is 1. The van der Waals surface area contributed by atoms with Crippen LogP contribution in [0.2, 0.25) is 5.02 Å². The maximum absolute atomic E-state index is 5.96. The van der Waals surface area contributed by atoms with Crippen LogP contribution in [0, 0.1) is 0 Å². The second-order valence-electron chi connectivity index (χ2n) is 4.72. The van der Waals surface area contributed by atoms with E-state index in [4.69, 9.17) is 28.6 Å². The first-order valence-electron chi connectivity index (χ1n) is 7.21. The number of nitrogens with one attached hydrogen (secondary N) is 2. The molecule has 120 valence electrons. The van der Waals surface area contributed by atoms with Gasteiger partial charge in [-0.25, -0.2) is 0 Å². The maximum Gasteiger partial charge on any atom is 0.186 e.